The topological polar surface area (TPSA) is 36.1 Å². The Morgan fingerprint density at radius 1 is 0.962 bits per heavy atom. The fraction of sp³-hybridized carbons (Fsp3) is 0.150. The monoisotopic (exact) mass is 401 g/mol. The largest absolute Gasteiger partial charge is 0.352 e. The Kier molecular flexibility index (Phi) is 5.00. The number of benzene rings is 2. The normalized spacial score (nSPS) is 21.2. The molecular weight excluding hydrogens is 385 g/mol. The summed E-state index contributed by atoms with van der Waals surface area (Å²) in [6.45, 7) is 1.50. The zero-order valence-corrected chi connectivity index (χ0v) is 16.2. The lowest BCUT2D eigenvalue weighted by Gasteiger charge is -2.36. The van der Waals surface area contributed by atoms with Crippen LogP contribution in [0.5, 0.6) is 0 Å². The van der Waals surface area contributed by atoms with E-state index in [0.717, 1.165) is 45.5 Å². The van der Waals surface area contributed by atoms with Gasteiger partial charge >= 0.3 is 0 Å². The summed E-state index contributed by atoms with van der Waals surface area (Å²) in [7, 11) is 0. The Morgan fingerprint density at radius 3 is 2.46 bits per heavy atom. The molecule has 2 aliphatic rings. The van der Waals surface area contributed by atoms with Crippen molar-refractivity contribution in [2.45, 2.75) is 6.04 Å². The van der Waals surface area contributed by atoms with E-state index < -0.39 is 0 Å². The van der Waals surface area contributed by atoms with Crippen molar-refractivity contribution in [1.82, 2.24) is 16.0 Å². The minimum atomic E-state index is -0.0603. The smallest absolute Gasteiger partial charge is 0.171 e. The number of hydrogen-bond donors (Lipinski definition) is 3. The first kappa shape index (κ1) is 17.6. The van der Waals surface area contributed by atoms with E-state index in [-0.39, 0.29) is 6.04 Å². The predicted octanol–water partition coefficient (Wildman–Crippen LogP) is 4.45. The quantitative estimate of drug-likeness (QED) is 0.649. The molecule has 2 heterocycles. The molecule has 0 saturated heterocycles. The molecule has 3 N–H and O–H groups in total. The van der Waals surface area contributed by atoms with Gasteiger partial charge in [-0.2, -0.15) is 0 Å². The molecule has 26 heavy (non-hydrogen) atoms. The molecule has 2 aromatic rings. The minimum Gasteiger partial charge on any atom is -0.352 e. The molecule has 1 unspecified atom stereocenters. The molecular formula is C20H17Cl2N3S. The first-order valence-electron chi connectivity index (χ1n) is 8.34. The third-order valence-corrected chi connectivity index (χ3v) is 5.50. The van der Waals surface area contributed by atoms with Crippen molar-refractivity contribution in [1.29, 1.82) is 0 Å². The molecule has 2 aliphatic heterocycles. The van der Waals surface area contributed by atoms with E-state index >= 15 is 0 Å². The average Bonchev–Trinajstić information content (AvgIpc) is 2.64. The molecule has 6 heteroatoms. The van der Waals surface area contributed by atoms with Crippen molar-refractivity contribution in [3.8, 4) is 0 Å². The van der Waals surface area contributed by atoms with Crippen LogP contribution in [0.15, 0.2) is 65.4 Å². The highest BCUT2D eigenvalue weighted by molar-refractivity contribution is 7.80. The van der Waals surface area contributed by atoms with Gasteiger partial charge in [0.1, 0.15) is 0 Å². The Labute approximate surface area is 168 Å². The van der Waals surface area contributed by atoms with Gasteiger partial charge in [0, 0.05) is 28.8 Å². The molecule has 3 nitrogen and oxygen atoms in total. The summed E-state index contributed by atoms with van der Waals surface area (Å²) in [6.07, 6.45) is 2.11. The number of rotatable bonds is 2. The second-order valence-electron chi connectivity index (χ2n) is 6.25. The lowest BCUT2D eigenvalue weighted by molar-refractivity contribution is 0.614. The summed E-state index contributed by atoms with van der Waals surface area (Å²) in [5, 5.41) is 12.2. The summed E-state index contributed by atoms with van der Waals surface area (Å²) < 4.78 is 0. The first-order chi connectivity index (χ1) is 12.6. The van der Waals surface area contributed by atoms with Gasteiger partial charge in [-0.3, -0.25) is 0 Å². The summed E-state index contributed by atoms with van der Waals surface area (Å²) in [5.41, 5.74) is 5.38. The SMILES string of the molecule is S=C1NC2=C(CNC/C2=C\c2ccccc2Cl)C(c2ccccc2Cl)N1. The van der Waals surface area contributed by atoms with Crippen molar-refractivity contribution in [2.24, 2.45) is 0 Å². The van der Waals surface area contributed by atoms with Crippen LogP contribution in [0.3, 0.4) is 0 Å². The van der Waals surface area contributed by atoms with E-state index in [1.165, 1.54) is 5.57 Å². The summed E-state index contributed by atoms with van der Waals surface area (Å²) >= 11 is 18.2. The van der Waals surface area contributed by atoms with Crippen LogP contribution < -0.4 is 16.0 Å². The Bertz CT molecular complexity index is 936. The first-order valence-corrected chi connectivity index (χ1v) is 9.51. The third-order valence-electron chi connectivity index (χ3n) is 4.59. The van der Waals surface area contributed by atoms with Gasteiger partial charge in [0.05, 0.1) is 6.04 Å². The highest BCUT2D eigenvalue weighted by Crippen LogP contribution is 2.35. The van der Waals surface area contributed by atoms with Crippen LogP contribution >= 0.6 is 35.4 Å². The van der Waals surface area contributed by atoms with E-state index in [1.54, 1.807) is 0 Å². The van der Waals surface area contributed by atoms with Gasteiger partial charge in [-0.25, -0.2) is 0 Å². The summed E-state index contributed by atoms with van der Waals surface area (Å²) in [5.74, 6) is 0. The zero-order valence-electron chi connectivity index (χ0n) is 13.9. The highest BCUT2D eigenvalue weighted by atomic mass is 35.5. The molecule has 0 saturated carbocycles. The van der Waals surface area contributed by atoms with Crippen LogP contribution in [-0.4, -0.2) is 18.2 Å². The van der Waals surface area contributed by atoms with Crippen molar-refractivity contribution < 1.29 is 0 Å². The summed E-state index contributed by atoms with van der Waals surface area (Å²) in [6, 6.07) is 15.6. The minimum absolute atomic E-state index is 0.0603. The van der Waals surface area contributed by atoms with Crippen molar-refractivity contribution in [3.05, 3.63) is 86.5 Å². The molecule has 0 amide bonds. The molecule has 0 aliphatic carbocycles. The van der Waals surface area contributed by atoms with E-state index in [4.69, 9.17) is 35.4 Å². The predicted molar refractivity (Wildman–Crippen MR) is 112 cm³/mol. The van der Waals surface area contributed by atoms with Gasteiger partial charge in [-0.1, -0.05) is 59.6 Å². The number of halogens is 2. The third kappa shape index (κ3) is 3.38. The van der Waals surface area contributed by atoms with E-state index in [9.17, 15) is 0 Å². The van der Waals surface area contributed by atoms with Gasteiger partial charge in [-0.15, -0.1) is 0 Å². The van der Waals surface area contributed by atoms with Crippen LogP contribution in [0, 0.1) is 0 Å². The van der Waals surface area contributed by atoms with Gasteiger partial charge in [0.2, 0.25) is 0 Å². The molecule has 0 radical (unpaired) electrons. The van der Waals surface area contributed by atoms with Gasteiger partial charge < -0.3 is 16.0 Å². The standard InChI is InChI=1S/C20H17Cl2N3S/c21-16-7-3-1-5-12(16)9-13-10-23-11-15-18(13)24-20(26)25-19(15)14-6-2-4-8-17(14)22/h1-9,19,23H,10-11H2,(H2,24,25,26)/b13-9+. The Hall–Kier alpha value is -1.85. The molecule has 132 valence electrons. The zero-order chi connectivity index (χ0) is 18.1. The molecule has 0 spiro atoms. The fourth-order valence-corrected chi connectivity index (χ4v) is 4.02. The summed E-state index contributed by atoms with van der Waals surface area (Å²) in [4.78, 5) is 0. The number of thiocarbonyl (C=S) groups is 1. The van der Waals surface area contributed by atoms with Crippen molar-refractivity contribution in [3.63, 3.8) is 0 Å². The van der Waals surface area contributed by atoms with Crippen LogP contribution in [0.1, 0.15) is 17.2 Å². The Balaban J connectivity index is 1.81. The number of nitrogens with one attached hydrogen (secondary N) is 3. The Morgan fingerprint density at radius 2 is 1.69 bits per heavy atom. The molecule has 1 atom stereocenters. The molecule has 0 bridgehead atoms. The molecule has 2 aromatic carbocycles. The maximum absolute atomic E-state index is 6.44. The van der Waals surface area contributed by atoms with Gasteiger partial charge in [-0.05, 0) is 52.7 Å². The van der Waals surface area contributed by atoms with Gasteiger partial charge in [0.15, 0.2) is 5.11 Å². The van der Waals surface area contributed by atoms with E-state index in [0.29, 0.717) is 5.11 Å². The lowest BCUT2D eigenvalue weighted by Crippen LogP contribution is -2.49. The average molecular weight is 402 g/mol. The fourth-order valence-electron chi connectivity index (χ4n) is 3.37. The molecule has 4 rings (SSSR count). The van der Waals surface area contributed by atoms with Crippen molar-refractivity contribution >= 4 is 46.6 Å². The molecule has 0 aromatic heterocycles. The van der Waals surface area contributed by atoms with E-state index in [1.807, 2.05) is 48.5 Å². The van der Waals surface area contributed by atoms with Gasteiger partial charge in [0.25, 0.3) is 0 Å². The second kappa shape index (κ2) is 7.41. The lowest BCUT2D eigenvalue weighted by atomic mass is 9.90. The molecule has 0 fully saturated rings. The maximum atomic E-state index is 6.44. The van der Waals surface area contributed by atoms with E-state index in [2.05, 4.69) is 22.0 Å². The number of hydrogen-bond acceptors (Lipinski definition) is 2. The van der Waals surface area contributed by atoms with Crippen LogP contribution in [0.4, 0.5) is 0 Å². The van der Waals surface area contributed by atoms with Crippen molar-refractivity contribution in [2.75, 3.05) is 13.1 Å². The van der Waals surface area contributed by atoms with Crippen LogP contribution in [0.25, 0.3) is 6.08 Å². The van der Waals surface area contributed by atoms with Crippen LogP contribution in [-0.2, 0) is 0 Å². The van der Waals surface area contributed by atoms with Crippen LogP contribution in [0.2, 0.25) is 10.0 Å². The maximum Gasteiger partial charge on any atom is 0.171 e. The highest BCUT2D eigenvalue weighted by Gasteiger charge is 2.31. The second-order valence-corrected chi connectivity index (χ2v) is 7.47.